The molecule has 0 aliphatic carbocycles. The Hall–Kier alpha value is -0.210. The van der Waals surface area contributed by atoms with Crippen LogP contribution in [0.2, 0.25) is 0 Å². The molecular formula is C13H29N3O3S. The molecule has 120 valence electrons. The second kappa shape index (κ2) is 8.94. The van der Waals surface area contributed by atoms with Gasteiger partial charge in [0.25, 0.3) is 10.2 Å². The van der Waals surface area contributed by atoms with E-state index in [0.717, 1.165) is 25.9 Å². The van der Waals surface area contributed by atoms with E-state index in [2.05, 4.69) is 23.9 Å². The summed E-state index contributed by atoms with van der Waals surface area (Å²) in [7, 11) is -1.77. The van der Waals surface area contributed by atoms with Crippen molar-refractivity contribution in [3.63, 3.8) is 0 Å². The van der Waals surface area contributed by atoms with E-state index >= 15 is 0 Å². The first-order valence-corrected chi connectivity index (χ1v) is 8.84. The van der Waals surface area contributed by atoms with Crippen LogP contribution >= 0.6 is 0 Å². The molecule has 0 aromatic heterocycles. The Labute approximate surface area is 123 Å². The van der Waals surface area contributed by atoms with Crippen LogP contribution in [0.1, 0.15) is 26.7 Å². The number of piperidine rings is 1. The Morgan fingerprint density at radius 2 is 1.95 bits per heavy atom. The zero-order chi connectivity index (χ0) is 15.0. The highest BCUT2D eigenvalue weighted by molar-refractivity contribution is 7.87. The molecule has 0 aromatic carbocycles. The van der Waals surface area contributed by atoms with E-state index in [1.165, 1.54) is 0 Å². The molecule has 1 aliphatic rings. The van der Waals surface area contributed by atoms with Crippen molar-refractivity contribution in [3.8, 4) is 0 Å². The molecule has 20 heavy (non-hydrogen) atoms. The Kier molecular flexibility index (Phi) is 7.98. The standard InChI is InChI=1S/C13H29N3O3S/c1-12(2)10-14-11-13-4-7-16(8-5-13)20(17,18)15-6-9-19-3/h12-15H,4-11H2,1-3H3. The topological polar surface area (TPSA) is 70.7 Å². The predicted molar refractivity (Wildman–Crippen MR) is 80.8 cm³/mol. The molecule has 0 saturated carbocycles. The zero-order valence-corrected chi connectivity index (χ0v) is 13.7. The molecule has 0 radical (unpaired) electrons. The quantitative estimate of drug-likeness (QED) is 0.606. The summed E-state index contributed by atoms with van der Waals surface area (Å²) in [6, 6.07) is 0. The maximum Gasteiger partial charge on any atom is 0.279 e. The summed E-state index contributed by atoms with van der Waals surface area (Å²) in [4.78, 5) is 0. The first-order valence-electron chi connectivity index (χ1n) is 7.40. The van der Waals surface area contributed by atoms with Crippen molar-refractivity contribution in [2.75, 3.05) is 46.4 Å². The molecule has 1 fully saturated rings. The van der Waals surface area contributed by atoms with Crippen LogP contribution in [-0.2, 0) is 14.9 Å². The summed E-state index contributed by atoms with van der Waals surface area (Å²) >= 11 is 0. The molecule has 0 unspecified atom stereocenters. The van der Waals surface area contributed by atoms with Crippen molar-refractivity contribution in [1.82, 2.24) is 14.3 Å². The monoisotopic (exact) mass is 307 g/mol. The number of hydrogen-bond donors (Lipinski definition) is 2. The minimum atomic E-state index is -3.33. The molecule has 0 atom stereocenters. The van der Waals surface area contributed by atoms with Gasteiger partial charge in [-0.1, -0.05) is 13.8 Å². The largest absolute Gasteiger partial charge is 0.383 e. The normalized spacial score (nSPS) is 18.8. The van der Waals surface area contributed by atoms with Gasteiger partial charge in [-0.3, -0.25) is 0 Å². The molecule has 2 N–H and O–H groups in total. The van der Waals surface area contributed by atoms with Crippen LogP contribution in [0.25, 0.3) is 0 Å². The van der Waals surface area contributed by atoms with E-state index in [9.17, 15) is 8.42 Å². The number of methoxy groups -OCH3 is 1. The first-order chi connectivity index (χ1) is 9.45. The van der Waals surface area contributed by atoms with Gasteiger partial charge in [-0.15, -0.1) is 0 Å². The highest BCUT2D eigenvalue weighted by Crippen LogP contribution is 2.18. The Balaban J connectivity index is 2.27. The lowest BCUT2D eigenvalue weighted by Crippen LogP contribution is -2.46. The summed E-state index contributed by atoms with van der Waals surface area (Å²) in [5.74, 6) is 1.24. The number of hydrogen-bond acceptors (Lipinski definition) is 4. The lowest BCUT2D eigenvalue weighted by Gasteiger charge is -2.31. The van der Waals surface area contributed by atoms with Crippen LogP contribution < -0.4 is 10.0 Å². The maximum absolute atomic E-state index is 12.0. The van der Waals surface area contributed by atoms with E-state index in [4.69, 9.17) is 4.74 Å². The average Bonchev–Trinajstić information content (AvgIpc) is 2.39. The van der Waals surface area contributed by atoms with Gasteiger partial charge in [-0.05, 0) is 37.8 Å². The number of ether oxygens (including phenoxy) is 1. The van der Waals surface area contributed by atoms with Gasteiger partial charge in [0.2, 0.25) is 0 Å². The van der Waals surface area contributed by atoms with Crippen LogP contribution in [0.5, 0.6) is 0 Å². The first kappa shape index (κ1) is 17.8. The third kappa shape index (κ3) is 6.49. The summed E-state index contributed by atoms with van der Waals surface area (Å²) in [6.45, 7) is 8.33. The number of rotatable bonds is 9. The van der Waals surface area contributed by atoms with Gasteiger partial charge in [0, 0.05) is 26.7 Å². The van der Waals surface area contributed by atoms with Crippen LogP contribution in [0.15, 0.2) is 0 Å². The van der Waals surface area contributed by atoms with Crippen LogP contribution in [0, 0.1) is 11.8 Å². The fourth-order valence-corrected chi connectivity index (χ4v) is 3.51. The summed E-state index contributed by atoms with van der Waals surface area (Å²) in [5.41, 5.74) is 0. The lowest BCUT2D eigenvalue weighted by atomic mass is 9.98. The van der Waals surface area contributed by atoms with Gasteiger partial charge in [0.1, 0.15) is 0 Å². The molecule has 1 rings (SSSR count). The molecule has 1 aliphatic heterocycles. The highest BCUT2D eigenvalue weighted by Gasteiger charge is 2.27. The molecule has 0 aromatic rings. The number of nitrogens with zero attached hydrogens (tertiary/aromatic N) is 1. The van der Waals surface area contributed by atoms with Crippen LogP contribution in [0.3, 0.4) is 0 Å². The van der Waals surface area contributed by atoms with Gasteiger partial charge in [0.15, 0.2) is 0 Å². The second-order valence-corrected chi connectivity index (χ2v) is 7.54. The zero-order valence-electron chi connectivity index (χ0n) is 12.9. The minimum absolute atomic E-state index is 0.328. The third-order valence-corrected chi connectivity index (χ3v) is 5.10. The molecule has 1 heterocycles. The second-order valence-electron chi connectivity index (χ2n) is 5.79. The average molecular weight is 307 g/mol. The van der Waals surface area contributed by atoms with Crippen molar-refractivity contribution in [3.05, 3.63) is 0 Å². The maximum atomic E-state index is 12.0. The van der Waals surface area contributed by atoms with Gasteiger partial charge in [-0.25, -0.2) is 0 Å². The minimum Gasteiger partial charge on any atom is -0.383 e. The third-order valence-electron chi connectivity index (χ3n) is 3.49. The van der Waals surface area contributed by atoms with E-state index in [1.807, 2.05) is 0 Å². The van der Waals surface area contributed by atoms with Crippen molar-refractivity contribution < 1.29 is 13.2 Å². The SMILES string of the molecule is COCCNS(=O)(=O)N1CCC(CNCC(C)C)CC1. The van der Waals surface area contributed by atoms with Gasteiger partial charge >= 0.3 is 0 Å². The summed E-state index contributed by atoms with van der Waals surface area (Å²) < 4.78 is 33.0. The van der Waals surface area contributed by atoms with Crippen molar-refractivity contribution >= 4 is 10.2 Å². The Bertz CT molecular complexity index is 352. The molecule has 0 bridgehead atoms. The number of nitrogens with one attached hydrogen (secondary N) is 2. The summed E-state index contributed by atoms with van der Waals surface area (Å²) in [6.07, 6.45) is 1.85. The van der Waals surface area contributed by atoms with Crippen molar-refractivity contribution in [1.29, 1.82) is 0 Å². The van der Waals surface area contributed by atoms with Crippen LogP contribution in [-0.4, -0.2) is 59.2 Å². The molecule has 1 saturated heterocycles. The van der Waals surface area contributed by atoms with Crippen LogP contribution in [0.4, 0.5) is 0 Å². The van der Waals surface area contributed by atoms with E-state index in [0.29, 0.717) is 38.1 Å². The summed E-state index contributed by atoms with van der Waals surface area (Å²) in [5, 5.41) is 3.45. The highest BCUT2D eigenvalue weighted by atomic mass is 32.2. The molecule has 0 spiro atoms. The predicted octanol–water partition coefficient (Wildman–Crippen LogP) is 0.425. The van der Waals surface area contributed by atoms with Crippen molar-refractivity contribution in [2.24, 2.45) is 11.8 Å². The molecular weight excluding hydrogens is 278 g/mol. The molecule has 6 nitrogen and oxygen atoms in total. The Morgan fingerprint density at radius 1 is 1.30 bits per heavy atom. The molecule has 0 amide bonds. The van der Waals surface area contributed by atoms with Crippen molar-refractivity contribution in [2.45, 2.75) is 26.7 Å². The fraction of sp³-hybridized carbons (Fsp3) is 1.00. The van der Waals surface area contributed by atoms with E-state index < -0.39 is 10.2 Å². The van der Waals surface area contributed by atoms with Gasteiger partial charge in [-0.2, -0.15) is 17.4 Å². The Morgan fingerprint density at radius 3 is 2.50 bits per heavy atom. The lowest BCUT2D eigenvalue weighted by molar-refractivity contribution is 0.202. The van der Waals surface area contributed by atoms with Gasteiger partial charge in [0.05, 0.1) is 6.61 Å². The fourth-order valence-electron chi connectivity index (χ4n) is 2.29. The van der Waals surface area contributed by atoms with E-state index in [1.54, 1.807) is 11.4 Å². The smallest absolute Gasteiger partial charge is 0.279 e. The van der Waals surface area contributed by atoms with Gasteiger partial charge < -0.3 is 10.1 Å². The molecule has 7 heteroatoms. The van der Waals surface area contributed by atoms with E-state index in [-0.39, 0.29) is 0 Å².